The monoisotopic (exact) mass is 362 g/mol. The molecular weight excluding hydrogens is 340 g/mol. The fourth-order valence-electron chi connectivity index (χ4n) is 3.09. The maximum absolute atomic E-state index is 12.6. The second-order valence-electron chi connectivity index (χ2n) is 6.08. The lowest BCUT2D eigenvalue weighted by Crippen LogP contribution is -2.44. The number of carbonyl (C=O) groups is 2. The zero-order chi connectivity index (χ0) is 17.8. The van der Waals surface area contributed by atoms with E-state index in [9.17, 15) is 9.59 Å². The van der Waals surface area contributed by atoms with E-state index in [2.05, 4.69) is 10.3 Å². The van der Waals surface area contributed by atoms with Crippen LogP contribution < -0.4 is 15.8 Å². The van der Waals surface area contributed by atoms with Gasteiger partial charge in [0.2, 0.25) is 11.8 Å². The smallest absolute Gasteiger partial charge is 0.231 e. The highest BCUT2D eigenvalue weighted by Crippen LogP contribution is 2.32. The van der Waals surface area contributed by atoms with Crippen LogP contribution in [0.15, 0.2) is 18.2 Å². The van der Waals surface area contributed by atoms with Crippen LogP contribution in [0.5, 0.6) is 5.75 Å². The average Bonchev–Trinajstić information content (AvgIpc) is 2.98. The van der Waals surface area contributed by atoms with Crippen LogP contribution >= 0.6 is 11.3 Å². The number of hydrogen-bond acceptors (Lipinski definition) is 6. The van der Waals surface area contributed by atoms with E-state index in [0.717, 1.165) is 35.4 Å². The molecule has 3 N–H and O–H groups in total. The molecule has 1 aromatic carbocycles. The van der Waals surface area contributed by atoms with Gasteiger partial charge >= 0.3 is 0 Å². The van der Waals surface area contributed by atoms with Crippen LogP contribution in [0.3, 0.4) is 0 Å². The molecule has 0 spiro atoms. The van der Waals surface area contributed by atoms with Gasteiger partial charge < -0.3 is 15.8 Å². The summed E-state index contributed by atoms with van der Waals surface area (Å²) in [5.74, 6) is 0.135. The molecule has 2 amide bonds. The number of nitrogens with one attached hydrogen (secondary N) is 1. The fraction of sp³-hybridized carbons (Fsp3) is 0.471. The minimum Gasteiger partial charge on any atom is -0.492 e. The van der Waals surface area contributed by atoms with Crippen molar-refractivity contribution in [1.82, 2.24) is 9.88 Å². The Balaban J connectivity index is 1.69. The van der Waals surface area contributed by atoms with E-state index < -0.39 is 0 Å². The van der Waals surface area contributed by atoms with Crippen molar-refractivity contribution in [3.05, 3.63) is 18.2 Å². The number of thiazole rings is 1. The molecule has 25 heavy (non-hydrogen) atoms. The first-order chi connectivity index (χ1) is 12.1. The number of ether oxygens (including phenoxy) is 1. The molecular formula is C17H22N4O3S. The van der Waals surface area contributed by atoms with Crippen molar-refractivity contribution < 1.29 is 14.3 Å². The summed E-state index contributed by atoms with van der Waals surface area (Å²) in [6.45, 7) is 4.03. The highest BCUT2D eigenvalue weighted by atomic mass is 32.1. The minimum atomic E-state index is -0.365. The Kier molecular flexibility index (Phi) is 5.50. The van der Waals surface area contributed by atoms with Crippen LogP contribution in [0.25, 0.3) is 10.2 Å². The van der Waals surface area contributed by atoms with Gasteiger partial charge in [0, 0.05) is 6.54 Å². The topological polar surface area (TPSA) is 97.5 Å². The second-order valence-corrected chi connectivity index (χ2v) is 7.12. The normalized spacial score (nSPS) is 18.2. The molecule has 1 aliphatic heterocycles. The van der Waals surface area contributed by atoms with Crippen molar-refractivity contribution in [1.29, 1.82) is 0 Å². The van der Waals surface area contributed by atoms with E-state index in [1.807, 2.05) is 30.0 Å². The van der Waals surface area contributed by atoms with E-state index in [1.165, 1.54) is 11.3 Å². The number of hydrogen-bond donors (Lipinski definition) is 2. The van der Waals surface area contributed by atoms with Gasteiger partial charge in [-0.1, -0.05) is 17.4 Å². The molecule has 1 fully saturated rings. The van der Waals surface area contributed by atoms with E-state index in [1.54, 1.807) is 0 Å². The lowest BCUT2D eigenvalue weighted by molar-refractivity contribution is -0.124. The number of carbonyl (C=O) groups excluding carboxylic acids is 2. The number of nitrogens with zero attached hydrogens (tertiary/aromatic N) is 2. The molecule has 1 saturated heterocycles. The molecule has 0 saturated carbocycles. The van der Waals surface area contributed by atoms with E-state index in [0.29, 0.717) is 18.3 Å². The molecule has 134 valence electrons. The van der Waals surface area contributed by atoms with Crippen LogP contribution in [0.2, 0.25) is 0 Å². The summed E-state index contributed by atoms with van der Waals surface area (Å²) in [6, 6.07) is 5.75. The molecule has 0 bridgehead atoms. The summed E-state index contributed by atoms with van der Waals surface area (Å²) in [5.41, 5.74) is 6.02. The van der Waals surface area contributed by atoms with Crippen molar-refractivity contribution >= 4 is 38.5 Å². The molecule has 0 aliphatic carbocycles. The summed E-state index contributed by atoms with van der Waals surface area (Å²) in [7, 11) is 0. The number of piperidine rings is 1. The number of fused-ring (bicyclic) bond motifs is 1. The fourth-order valence-corrected chi connectivity index (χ4v) is 3.98. The number of rotatable bonds is 6. The first-order valence-corrected chi connectivity index (χ1v) is 9.22. The number of primary amides is 1. The number of nitrogens with two attached hydrogens (primary N) is 1. The molecule has 1 aliphatic rings. The number of para-hydroxylation sites is 1. The van der Waals surface area contributed by atoms with Crippen LogP contribution in [-0.2, 0) is 9.59 Å². The molecule has 2 heterocycles. The van der Waals surface area contributed by atoms with E-state index in [4.69, 9.17) is 10.5 Å². The van der Waals surface area contributed by atoms with Gasteiger partial charge in [-0.25, -0.2) is 4.98 Å². The minimum absolute atomic E-state index is 0.0637. The Bertz CT molecular complexity index is 776. The van der Waals surface area contributed by atoms with E-state index in [-0.39, 0.29) is 24.3 Å². The third-order valence-corrected chi connectivity index (χ3v) is 5.10. The first-order valence-electron chi connectivity index (χ1n) is 8.40. The first kappa shape index (κ1) is 17.6. The molecule has 1 atom stereocenters. The summed E-state index contributed by atoms with van der Waals surface area (Å²) in [6.07, 6.45) is 1.68. The molecule has 2 aromatic rings. The van der Waals surface area contributed by atoms with Crippen molar-refractivity contribution in [2.24, 2.45) is 11.7 Å². The quantitative estimate of drug-likeness (QED) is 0.817. The van der Waals surface area contributed by atoms with Crippen molar-refractivity contribution in [3.8, 4) is 5.75 Å². The summed E-state index contributed by atoms with van der Waals surface area (Å²) < 4.78 is 6.56. The standard InChI is InChI=1S/C17H22N4O3S/c1-2-24-12-6-3-7-13-15(12)19-17(25-13)20-16(23)11-5-4-8-21(9-11)10-14(18)22/h3,6-7,11H,2,4-5,8-10H2,1H3,(H2,18,22)(H,19,20,23)/t11-/m0/s1. The SMILES string of the molecule is CCOc1cccc2sc(NC(=O)[C@H]3CCCN(CC(N)=O)C3)nc12. The highest BCUT2D eigenvalue weighted by molar-refractivity contribution is 7.22. The number of anilines is 1. The summed E-state index contributed by atoms with van der Waals surface area (Å²) >= 11 is 1.43. The van der Waals surface area contributed by atoms with Crippen molar-refractivity contribution in [2.45, 2.75) is 19.8 Å². The summed E-state index contributed by atoms with van der Waals surface area (Å²) in [5, 5.41) is 3.48. The molecule has 0 unspecified atom stereocenters. The number of aromatic nitrogens is 1. The van der Waals surface area contributed by atoms with Crippen LogP contribution in [0, 0.1) is 5.92 Å². The largest absolute Gasteiger partial charge is 0.492 e. The molecule has 1 aromatic heterocycles. The van der Waals surface area contributed by atoms with Gasteiger partial charge in [-0.15, -0.1) is 0 Å². The summed E-state index contributed by atoms with van der Waals surface area (Å²) in [4.78, 5) is 30.1. The second kappa shape index (κ2) is 7.79. The zero-order valence-electron chi connectivity index (χ0n) is 14.2. The average molecular weight is 362 g/mol. The lowest BCUT2D eigenvalue weighted by atomic mass is 9.97. The Morgan fingerprint density at radius 1 is 1.48 bits per heavy atom. The van der Waals surface area contributed by atoms with Crippen LogP contribution in [-0.4, -0.2) is 47.9 Å². The Morgan fingerprint density at radius 3 is 3.08 bits per heavy atom. The highest BCUT2D eigenvalue weighted by Gasteiger charge is 2.27. The van der Waals surface area contributed by atoms with Crippen LogP contribution in [0.4, 0.5) is 5.13 Å². The predicted molar refractivity (Wildman–Crippen MR) is 97.8 cm³/mol. The van der Waals surface area contributed by atoms with E-state index >= 15 is 0 Å². The predicted octanol–water partition coefficient (Wildman–Crippen LogP) is 1.83. The van der Waals surface area contributed by atoms with Gasteiger partial charge in [0.05, 0.1) is 23.8 Å². The van der Waals surface area contributed by atoms with Crippen molar-refractivity contribution in [3.63, 3.8) is 0 Å². The van der Waals surface area contributed by atoms with Gasteiger partial charge in [0.15, 0.2) is 5.13 Å². The van der Waals surface area contributed by atoms with Crippen LogP contribution in [0.1, 0.15) is 19.8 Å². The zero-order valence-corrected chi connectivity index (χ0v) is 15.0. The number of amides is 2. The maximum atomic E-state index is 12.6. The lowest BCUT2D eigenvalue weighted by Gasteiger charge is -2.30. The molecule has 8 heteroatoms. The number of likely N-dealkylation sites (tertiary alicyclic amines) is 1. The van der Waals surface area contributed by atoms with Gasteiger partial charge in [0.25, 0.3) is 0 Å². The molecule has 3 rings (SSSR count). The Morgan fingerprint density at radius 2 is 2.32 bits per heavy atom. The Hall–Kier alpha value is -2.19. The van der Waals surface area contributed by atoms with Gasteiger partial charge in [-0.2, -0.15) is 0 Å². The van der Waals surface area contributed by atoms with Gasteiger partial charge in [-0.05, 0) is 38.4 Å². The van der Waals surface area contributed by atoms with Gasteiger partial charge in [-0.3, -0.25) is 14.5 Å². The third-order valence-electron chi connectivity index (χ3n) is 4.17. The third kappa shape index (κ3) is 4.26. The Labute approximate surface area is 150 Å². The molecule has 0 radical (unpaired) electrons. The number of benzene rings is 1. The maximum Gasteiger partial charge on any atom is 0.231 e. The van der Waals surface area contributed by atoms with Crippen molar-refractivity contribution in [2.75, 3.05) is 31.6 Å². The molecule has 7 nitrogen and oxygen atoms in total. The van der Waals surface area contributed by atoms with Gasteiger partial charge in [0.1, 0.15) is 11.3 Å².